The number of imidazole rings is 1. The number of hydrogen-bond acceptors (Lipinski definition) is 5. The van der Waals surface area contributed by atoms with Crippen LogP contribution in [0.15, 0.2) is 36.7 Å². The van der Waals surface area contributed by atoms with Crippen LogP contribution in [0.5, 0.6) is 5.75 Å². The Labute approximate surface area is 126 Å². The first-order valence-corrected chi connectivity index (χ1v) is 6.91. The molecule has 0 saturated heterocycles. The molecule has 0 aliphatic rings. The molecule has 108 valence electrons. The summed E-state index contributed by atoms with van der Waals surface area (Å²) in [6.07, 6.45) is 1.56. The lowest BCUT2D eigenvalue weighted by atomic mass is 10.3. The molecule has 0 amide bonds. The second-order valence-corrected chi connectivity index (χ2v) is 4.95. The van der Waals surface area contributed by atoms with Crippen LogP contribution in [0.4, 0.5) is 5.82 Å². The fourth-order valence-electron chi connectivity index (χ4n) is 1.92. The fraction of sp³-hybridized carbons (Fsp3) is 0.214. The normalized spacial score (nSPS) is 12.3. The van der Waals surface area contributed by atoms with Gasteiger partial charge in [0.1, 0.15) is 17.9 Å². The van der Waals surface area contributed by atoms with E-state index in [-0.39, 0.29) is 11.3 Å². The van der Waals surface area contributed by atoms with Gasteiger partial charge in [-0.1, -0.05) is 18.2 Å². The van der Waals surface area contributed by atoms with Crippen LogP contribution in [0.2, 0.25) is 5.28 Å². The predicted molar refractivity (Wildman–Crippen MR) is 81.7 cm³/mol. The van der Waals surface area contributed by atoms with E-state index in [2.05, 4.69) is 25.3 Å². The Morgan fingerprint density at radius 1 is 1.29 bits per heavy atom. The van der Waals surface area contributed by atoms with Crippen LogP contribution in [-0.4, -0.2) is 32.6 Å². The minimum atomic E-state index is 0.0441. The van der Waals surface area contributed by atoms with Crippen LogP contribution < -0.4 is 10.1 Å². The molecule has 6 nitrogen and oxygen atoms in total. The zero-order valence-electron chi connectivity index (χ0n) is 11.4. The number of nitrogens with zero attached hydrogens (tertiary/aromatic N) is 3. The van der Waals surface area contributed by atoms with Crippen LogP contribution in [0.1, 0.15) is 6.92 Å². The number of benzene rings is 1. The average Bonchev–Trinajstić information content (AvgIpc) is 2.94. The van der Waals surface area contributed by atoms with Gasteiger partial charge >= 0.3 is 0 Å². The van der Waals surface area contributed by atoms with Crippen molar-refractivity contribution < 1.29 is 4.74 Å². The molecular weight excluding hydrogens is 290 g/mol. The van der Waals surface area contributed by atoms with Crippen LogP contribution >= 0.6 is 11.6 Å². The van der Waals surface area contributed by atoms with Crippen molar-refractivity contribution in [1.29, 1.82) is 0 Å². The molecule has 2 N–H and O–H groups in total. The number of halogens is 1. The van der Waals surface area contributed by atoms with E-state index in [1.807, 2.05) is 37.3 Å². The van der Waals surface area contributed by atoms with Crippen molar-refractivity contribution in [1.82, 2.24) is 19.9 Å². The quantitative estimate of drug-likeness (QED) is 0.709. The highest BCUT2D eigenvalue weighted by molar-refractivity contribution is 6.28. The van der Waals surface area contributed by atoms with Crippen molar-refractivity contribution in [2.45, 2.75) is 13.0 Å². The maximum absolute atomic E-state index is 5.89. The predicted octanol–water partition coefficient (Wildman–Crippen LogP) is 2.89. The van der Waals surface area contributed by atoms with E-state index in [4.69, 9.17) is 16.3 Å². The highest BCUT2D eigenvalue weighted by Crippen LogP contribution is 2.19. The summed E-state index contributed by atoms with van der Waals surface area (Å²) in [5.74, 6) is 1.45. The Hall–Kier alpha value is -2.34. The smallest absolute Gasteiger partial charge is 0.226 e. The number of nitrogens with one attached hydrogen (secondary N) is 2. The van der Waals surface area contributed by atoms with Crippen molar-refractivity contribution in [3.8, 4) is 5.75 Å². The largest absolute Gasteiger partial charge is 0.491 e. The molecule has 1 atom stereocenters. The van der Waals surface area contributed by atoms with E-state index < -0.39 is 0 Å². The Morgan fingerprint density at radius 2 is 2.10 bits per heavy atom. The van der Waals surface area contributed by atoms with E-state index in [1.165, 1.54) is 0 Å². The van der Waals surface area contributed by atoms with Crippen molar-refractivity contribution in [3.63, 3.8) is 0 Å². The third-order valence-corrected chi connectivity index (χ3v) is 3.05. The van der Waals surface area contributed by atoms with Gasteiger partial charge in [0.2, 0.25) is 5.28 Å². The first-order chi connectivity index (χ1) is 10.2. The molecule has 0 unspecified atom stereocenters. The zero-order chi connectivity index (χ0) is 14.7. The number of rotatable bonds is 5. The van der Waals surface area contributed by atoms with Crippen LogP contribution in [0, 0.1) is 0 Å². The van der Waals surface area contributed by atoms with Gasteiger partial charge in [0.15, 0.2) is 11.5 Å². The van der Waals surface area contributed by atoms with E-state index in [0.29, 0.717) is 18.1 Å². The second-order valence-electron chi connectivity index (χ2n) is 4.61. The Morgan fingerprint density at radius 3 is 2.90 bits per heavy atom. The Kier molecular flexibility index (Phi) is 3.87. The molecule has 0 aliphatic carbocycles. The standard InChI is InChI=1S/C14H14ClN5O/c1-9(7-21-10-5-3-2-4-6-10)18-13-11-12(17-8-16-11)19-14(15)20-13/h2-6,8-9H,7H2,1H3,(H2,16,17,18,19,20)/t9-/m1/s1. The summed E-state index contributed by atoms with van der Waals surface area (Å²) in [6.45, 7) is 2.50. The minimum absolute atomic E-state index is 0.0441. The van der Waals surface area contributed by atoms with Crippen molar-refractivity contribution in [2.24, 2.45) is 0 Å². The zero-order valence-corrected chi connectivity index (χ0v) is 12.1. The van der Waals surface area contributed by atoms with Crippen molar-refractivity contribution >= 4 is 28.6 Å². The van der Waals surface area contributed by atoms with E-state index in [0.717, 1.165) is 11.3 Å². The Bertz CT molecular complexity index is 731. The molecular formula is C14H14ClN5O. The molecule has 0 radical (unpaired) electrons. The molecule has 0 bridgehead atoms. The molecule has 0 aliphatic heterocycles. The molecule has 0 spiro atoms. The molecule has 1 aromatic carbocycles. The summed E-state index contributed by atoms with van der Waals surface area (Å²) in [5, 5.41) is 3.41. The third-order valence-electron chi connectivity index (χ3n) is 2.88. The molecule has 21 heavy (non-hydrogen) atoms. The van der Waals surface area contributed by atoms with E-state index in [9.17, 15) is 0 Å². The van der Waals surface area contributed by atoms with Crippen molar-refractivity contribution in [2.75, 3.05) is 11.9 Å². The molecule has 2 heterocycles. The number of fused-ring (bicyclic) bond motifs is 1. The van der Waals surface area contributed by atoms with Gasteiger partial charge in [0.05, 0.1) is 12.4 Å². The van der Waals surface area contributed by atoms with Crippen LogP contribution in [0.25, 0.3) is 11.2 Å². The van der Waals surface area contributed by atoms with E-state index in [1.54, 1.807) is 6.33 Å². The first-order valence-electron chi connectivity index (χ1n) is 6.53. The third kappa shape index (κ3) is 3.22. The van der Waals surface area contributed by atoms with Gasteiger partial charge in [-0.05, 0) is 30.7 Å². The highest BCUT2D eigenvalue weighted by Gasteiger charge is 2.11. The van der Waals surface area contributed by atoms with Crippen LogP contribution in [-0.2, 0) is 0 Å². The average molecular weight is 304 g/mol. The molecule has 7 heteroatoms. The van der Waals surface area contributed by atoms with Gasteiger partial charge in [-0.15, -0.1) is 0 Å². The molecule has 3 rings (SSSR count). The molecule has 0 saturated carbocycles. The number of para-hydroxylation sites is 1. The van der Waals surface area contributed by atoms with Crippen LogP contribution in [0.3, 0.4) is 0 Å². The summed E-state index contributed by atoms with van der Waals surface area (Å²) in [4.78, 5) is 15.3. The lowest BCUT2D eigenvalue weighted by Gasteiger charge is -2.15. The number of aromatic amines is 1. The first kappa shape index (κ1) is 13.6. The van der Waals surface area contributed by atoms with Gasteiger partial charge in [-0.25, -0.2) is 4.98 Å². The van der Waals surface area contributed by atoms with E-state index >= 15 is 0 Å². The summed E-state index contributed by atoms with van der Waals surface area (Å²) < 4.78 is 5.70. The topological polar surface area (TPSA) is 75.7 Å². The maximum Gasteiger partial charge on any atom is 0.226 e. The van der Waals surface area contributed by atoms with Gasteiger partial charge < -0.3 is 15.0 Å². The van der Waals surface area contributed by atoms with Crippen molar-refractivity contribution in [3.05, 3.63) is 41.9 Å². The summed E-state index contributed by atoms with van der Waals surface area (Å²) in [6, 6.07) is 9.70. The number of hydrogen-bond donors (Lipinski definition) is 2. The molecule has 2 aromatic heterocycles. The second kappa shape index (κ2) is 5.97. The highest BCUT2D eigenvalue weighted by atomic mass is 35.5. The number of H-pyrrole nitrogens is 1. The van der Waals surface area contributed by atoms with Gasteiger partial charge in [-0.3, -0.25) is 0 Å². The lowest BCUT2D eigenvalue weighted by molar-refractivity contribution is 0.304. The number of ether oxygens (including phenoxy) is 1. The summed E-state index contributed by atoms with van der Waals surface area (Å²) in [7, 11) is 0. The lowest BCUT2D eigenvalue weighted by Crippen LogP contribution is -2.24. The fourth-order valence-corrected chi connectivity index (χ4v) is 2.09. The summed E-state index contributed by atoms with van der Waals surface area (Å²) in [5.41, 5.74) is 1.26. The number of anilines is 1. The minimum Gasteiger partial charge on any atom is -0.491 e. The molecule has 0 fully saturated rings. The SMILES string of the molecule is C[C@H](COc1ccccc1)Nc1nc(Cl)nc2nc[nH]c12. The maximum atomic E-state index is 5.89. The monoisotopic (exact) mass is 303 g/mol. The van der Waals surface area contributed by atoms with Gasteiger partial charge in [0, 0.05) is 0 Å². The van der Waals surface area contributed by atoms with Gasteiger partial charge in [-0.2, -0.15) is 9.97 Å². The number of aromatic nitrogens is 4. The Balaban J connectivity index is 1.68. The summed E-state index contributed by atoms with van der Waals surface area (Å²) >= 11 is 5.89. The molecule has 3 aromatic rings. The van der Waals surface area contributed by atoms with Gasteiger partial charge in [0.25, 0.3) is 0 Å².